The van der Waals surface area contributed by atoms with Crippen LogP contribution in [0.2, 0.25) is 0 Å². The number of aryl methyl sites for hydroxylation is 2. The lowest BCUT2D eigenvalue weighted by Gasteiger charge is -2.32. The molecule has 1 amide bonds. The van der Waals surface area contributed by atoms with E-state index in [1.807, 2.05) is 30.9 Å². The highest BCUT2D eigenvalue weighted by molar-refractivity contribution is 7.14. The molecule has 0 N–H and O–H groups in total. The molecule has 1 aliphatic heterocycles. The van der Waals surface area contributed by atoms with E-state index in [1.54, 1.807) is 6.20 Å². The van der Waals surface area contributed by atoms with E-state index in [0.29, 0.717) is 19.0 Å². The van der Waals surface area contributed by atoms with Crippen LogP contribution in [-0.2, 0) is 5.41 Å². The third kappa shape index (κ3) is 4.06. The molecule has 1 fully saturated rings. The van der Waals surface area contributed by atoms with E-state index in [-0.39, 0.29) is 17.4 Å². The summed E-state index contributed by atoms with van der Waals surface area (Å²) < 4.78 is 6.03. The van der Waals surface area contributed by atoms with Crippen molar-refractivity contribution in [2.75, 3.05) is 13.1 Å². The highest BCUT2D eigenvalue weighted by Crippen LogP contribution is 2.30. The molecular formula is C20H27N3O2S. The summed E-state index contributed by atoms with van der Waals surface area (Å²) in [5, 5.41) is 1.02. The zero-order chi connectivity index (χ0) is 18.9. The van der Waals surface area contributed by atoms with Gasteiger partial charge in [0.05, 0.1) is 10.7 Å². The number of carbonyl (C=O) groups excluding carboxylic acids is 1. The predicted octanol–water partition coefficient (Wildman–Crippen LogP) is 4.14. The molecule has 0 aromatic carbocycles. The van der Waals surface area contributed by atoms with Crippen LogP contribution in [0.15, 0.2) is 18.3 Å². The van der Waals surface area contributed by atoms with Crippen LogP contribution in [0.4, 0.5) is 0 Å². The monoisotopic (exact) mass is 373 g/mol. The van der Waals surface area contributed by atoms with Gasteiger partial charge in [0.1, 0.15) is 11.0 Å². The fraction of sp³-hybridized carbons (Fsp3) is 0.550. The smallest absolute Gasteiger partial charge is 0.265 e. The van der Waals surface area contributed by atoms with E-state index < -0.39 is 0 Å². The number of thiazole rings is 1. The second-order valence-electron chi connectivity index (χ2n) is 7.92. The molecule has 0 bridgehead atoms. The molecule has 26 heavy (non-hydrogen) atoms. The maximum absolute atomic E-state index is 12.9. The molecule has 5 nitrogen and oxygen atoms in total. The number of carbonyl (C=O) groups is 1. The number of piperidine rings is 1. The van der Waals surface area contributed by atoms with Crippen molar-refractivity contribution in [2.24, 2.45) is 0 Å². The van der Waals surface area contributed by atoms with Crippen molar-refractivity contribution in [1.29, 1.82) is 0 Å². The number of aromatic nitrogens is 2. The second kappa shape index (κ2) is 7.35. The van der Waals surface area contributed by atoms with Crippen molar-refractivity contribution in [3.05, 3.63) is 39.5 Å². The molecule has 0 spiro atoms. The molecule has 3 rings (SSSR count). The van der Waals surface area contributed by atoms with Crippen LogP contribution in [0.3, 0.4) is 0 Å². The summed E-state index contributed by atoms with van der Waals surface area (Å²) in [5.74, 6) is 0.799. The highest BCUT2D eigenvalue weighted by atomic mass is 32.1. The Balaban J connectivity index is 1.62. The minimum Gasteiger partial charge on any atom is -0.474 e. The summed E-state index contributed by atoms with van der Waals surface area (Å²) in [6.45, 7) is 11.7. The number of amides is 1. The Kier molecular flexibility index (Phi) is 5.32. The van der Waals surface area contributed by atoms with E-state index in [1.165, 1.54) is 11.3 Å². The first-order valence-electron chi connectivity index (χ1n) is 9.11. The van der Waals surface area contributed by atoms with E-state index in [9.17, 15) is 4.79 Å². The van der Waals surface area contributed by atoms with Gasteiger partial charge in [-0.1, -0.05) is 26.8 Å². The highest BCUT2D eigenvalue weighted by Gasteiger charge is 2.29. The van der Waals surface area contributed by atoms with Gasteiger partial charge in [-0.25, -0.2) is 9.97 Å². The quantitative estimate of drug-likeness (QED) is 0.811. The molecule has 2 aromatic rings. The molecule has 1 saturated heterocycles. The van der Waals surface area contributed by atoms with Crippen LogP contribution >= 0.6 is 11.3 Å². The molecular weight excluding hydrogens is 346 g/mol. The zero-order valence-electron chi connectivity index (χ0n) is 16.2. The van der Waals surface area contributed by atoms with Gasteiger partial charge in [0.15, 0.2) is 0 Å². The number of rotatable bonds is 3. The number of pyridine rings is 1. The molecule has 0 aliphatic carbocycles. The molecule has 0 radical (unpaired) electrons. The van der Waals surface area contributed by atoms with Crippen LogP contribution in [0.1, 0.15) is 59.5 Å². The fourth-order valence-corrected chi connectivity index (χ4v) is 4.08. The zero-order valence-corrected chi connectivity index (χ0v) is 17.0. The lowest BCUT2D eigenvalue weighted by atomic mass is 9.98. The van der Waals surface area contributed by atoms with E-state index in [4.69, 9.17) is 4.74 Å². The molecule has 6 heteroatoms. The van der Waals surface area contributed by atoms with Crippen LogP contribution in [0.25, 0.3) is 0 Å². The summed E-state index contributed by atoms with van der Waals surface area (Å²) in [7, 11) is 0. The van der Waals surface area contributed by atoms with Crippen molar-refractivity contribution >= 4 is 17.2 Å². The lowest BCUT2D eigenvalue weighted by Crippen LogP contribution is -2.41. The maximum Gasteiger partial charge on any atom is 0.265 e. The Morgan fingerprint density at radius 2 is 1.96 bits per heavy atom. The van der Waals surface area contributed by atoms with Gasteiger partial charge in [0.2, 0.25) is 5.88 Å². The summed E-state index contributed by atoms with van der Waals surface area (Å²) in [6.07, 6.45) is 3.51. The van der Waals surface area contributed by atoms with Gasteiger partial charge in [0, 0.05) is 43.1 Å². The van der Waals surface area contributed by atoms with Crippen molar-refractivity contribution in [3.63, 3.8) is 0 Å². The van der Waals surface area contributed by atoms with Gasteiger partial charge in [0.25, 0.3) is 5.91 Å². The third-order valence-corrected chi connectivity index (χ3v) is 6.17. The predicted molar refractivity (Wildman–Crippen MR) is 104 cm³/mol. The summed E-state index contributed by atoms with van der Waals surface area (Å²) in [4.78, 5) is 24.5. The van der Waals surface area contributed by atoms with Gasteiger partial charge < -0.3 is 9.64 Å². The Morgan fingerprint density at radius 1 is 1.27 bits per heavy atom. The largest absolute Gasteiger partial charge is 0.474 e. The SMILES string of the molecule is Cc1cccnc1OC1CCN(C(=O)c2sc(C(C)(C)C)nc2C)CC1. The number of hydrogen-bond donors (Lipinski definition) is 0. The minimum atomic E-state index is -0.0324. The van der Waals surface area contributed by atoms with Gasteiger partial charge >= 0.3 is 0 Å². The van der Waals surface area contributed by atoms with Crippen LogP contribution in [0, 0.1) is 13.8 Å². The lowest BCUT2D eigenvalue weighted by molar-refractivity contribution is 0.0590. The van der Waals surface area contributed by atoms with Gasteiger partial charge in [-0.3, -0.25) is 4.79 Å². The molecule has 2 aromatic heterocycles. The first-order valence-corrected chi connectivity index (χ1v) is 9.93. The number of ether oxygens (including phenoxy) is 1. The van der Waals surface area contributed by atoms with Crippen LogP contribution in [0.5, 0.6) is 5.88 Å². The summed E-state index contributed by atoms with van der Waals surface area (Å²) >= 11 is 1.53. The Labute approximate surface area is 159 Å². The normalized spacial score (nSPS) is 16.0. The second-order valence-corrected chi connectivity index (χ2v) is 8.92. The Morgan fingerprint density at radius 3 is 2.54 bits per heavy atom. The van der Waals surface area contributed by atoms with Gasteiger partial charge in [-0.05, 0) is 19.9 Å². The average Bonchev–Trinajstić information content (AvgIpc) is 2.99. The molecule has 140 valence electrons. The number of nitrogens with zero attached hydrogens (tertiary/aromatic N) is 3. The Bertz CT molecular complexity index is 787. The Hall–Kier alpha value is -1.95. The summed E-state index contributed by atoms with van der Waals surface area (Å²) in [6, 6.07) is 3.91. The van der Waals surface area contributed by atoms with E-state index in [0.717, 1.165) is 34.0 Å². The number of likely N-dealkylation sites (tertiary alicyclic amines) is 1. The van der Waals surface area contributed by atoms with Gasteiger partial charge in [-0.15, -0.1) is 11.3 Å². The molecule has 1 aliphatic rings. The maximum atomic E-state index is 12.9. The molecule has 3 heterocycles. The van der Waals surface area contributed by atoms with E-state index >= 15 is 0 Å². The summed E-state index contributed by atoms with van der Waals surface area (Å²) in [5.41, 5.74) is 1.85. The molecule has 0 unspecified atom stereocenters. The number of hydrogen-bond acceptors (Lipinski definition) is 5. The van der Waals surface area contributed by atoms with E-state index in [2.05, 4.69) is 30.7 Å². The van der Waals surface area contributed by atoms with Crippen molar-refractivity contribution in [1.82, 2.24) is 14.9 Å². The average molecular weight is 374 g/mol. The van der Waals surface area contributed by atoms with Crippen molar-refractivity contribution < 1.29 is 9.53 Å². The van der Waals surface area contributed by atoms with Crippen molar-refractivity contribution in [2.45, 2.75) is 59.0 Å². The standard InChI is InChI=1S/C20H27N3O2S/c1-13-7-6-10-21-17(13)25-15-8-11-23(12-9-15)18(24)16-14(2)22-19(26-16)20(3,4)5/h6-7,10,15H,8-9,11-12H2,1-5H3. The molecule has 0 saturated carbocycles. The minimum absolute atomic E-state index is 0.0324. The molecule has 0 atom stereocenters. The topological polar surface area (TPSA) is 55.3 Å². The first-order chi connectivity index (χ1) is 12.3. The van der Waals surface area contributed by atoms with Gasteiger partial charge in [-0.2, -0.15) is 0 Å². The third-order valence-electron chi connectivity index (χ3n) is 4.60. The fourth-order valence-electron chi connectivity index (χ4n) is 2.99. The van der Waals surface area contributed by atoms with Crippen LogP contribution < -0.4 is 4.74 Å². The first kappa shape index (κ1) is 18.8. The van der Waals surface area contributed by atoms with Crippen LogP contribution in [-0.4, -0.2) is 40.0 Å². The van der Waals surface area contributed by atoms with Crippen molar-refractivity contribution in [3.8, 4) is 5.88 Å².